The Balaban J connectivity index is 1.96. The molecule has 4 nitrogen and oxygen atoms in total. The molecule has 0 spiro atoms. The van der Waals surface area contributed by atoms with Crippen LogP contribution in [0.1, 0.15) is 18.7 Å². The van der Waals surface area contributed by atoms with E-state index in [1.54, 1.807) is 0 Å². The molecule has 4 heteroatoms. The second kappa shape index (κ2) is 4.11. The third-order valence-electron chi connectivity index (χ3n) is 3.76. The summed E-state index contributed by atoms with van der Waals surface area (Å²) < 4.78 is 2.25. The fourth-order valence-corrected chi connectivity index (χ4v) is 2.71. The van der Waals surface area contributed by atoms with E-state index in [1.807, 2.05) is 18.3 Å². The summed E-state index contributed by atoms with van der Waals surface area (Å²) in [5, 5.41) is 0. The normalized spacial score (nSPS) is 21.4. The first-order valence-electron chi connectivity index (χ1n) is 6.24. The molecule has 0 aromatic carbocycles. The average Bonchev–Trinajstić information content (AvgIpc) is 2.85. The average molecular weight is 230 g/mol. The number of nitrogens with zero attached hydrogens (tertiary/aromatic N) is 4. The molecular formula is C13H18N4. The molecule has 90 valence electrons. The lowest BCUT2D eigenvalue weighted by Crippen LogP contribution is -2.29. The van der Waals surface area contributed by atoms with Gasteiger partial charge in [0.15, 0.2) is 5.65 Å². The molecule has 0 bridgehead atoms. The van der Waals surface area contributed by atoms with Gasteiger partial charge in [0, 0.05) is 18.8 Å². The summed E-state index contributed by atoms with van der Waals surface area (Å²) in [6, 6.07) is 4.61. The number of likely N-dealkylation sites (tertiary alicyclic amines) is 1. The molecule has 1 aliphatic rings. The molecule has 17 heavy (non-hydrogen) atoms. The number of rotatable bonds is 2. The van der Waals surface area contributed by atoms with Gasteiger partial charge < -0.3 is 9.47 Å². The lowest BCUT2D eigenvalue weighted by atomic mass is 10.2. The number of imidazole rings is 1. The van der Waals surface area contributed by atoms with Gasteiger partial charge in [0.2, 0.25) is 0 Å². The highest BCUT2D eigenvalue weighted by molar-refractivity contribution is 5.71. The number of likely N-dealkylation sites (N-methyl/N-ethyl adjacent to an activating group) is 1. The smallest absolute Gasteiger partial charge is 0.160 e. The van der Waals surface area contributed by atoms with Crippen LogP contribution in [-0.2, 0) is 6.54 Å². The van der Waals surface area contributed by atoms with Crippen molar-refractivity contribution in [3.63, 3.8) is 0 Å². The highest BCUT2D eigenvalue weighted by Crippen LogP contribution is 2.20. The minimum Gasteiger partial charge on any atom is -0.311 e. The van der Waals surface area contributed by atoms with Crippen molar-refractivity contribution >= 4 is 11.2 Å². The Morgan fingerprint density at radius 3 is 3.12 bits per heavy atom. The highest BCUT2D eigenvalue weighted by atomic mass is 15.2. The van der Waals surface area contributed by atoms with Crippen molar-refractivity contribution in [2.24, 2.45) is 0 Å². The number of aryl methyl sites for hydroxylation is 1. The SMILES string of the molecule is Cc1nc2cccnc2n1CC1CCCN1C. The van der Waals surface area contributed by atoms with Crippen LogP contribution in [0.15, 0.2) is 18.3 Å². The molecule has 1 atom stereocenters. The fraction of sp³-hybridized carbons (Fsp3) is 0.538. The summed E-state index contributed by atoms with van der Waals surface area (Å²) in [5.41, 5.74) is 2.02. The number of hydrogen-bond donors (Lipinski definition) is 0. The molecule has 1 saturated heterocycles. The zero-order valence-electron chi connectivity index (χ0n) is 10.4. The standard InChI is InChI=1S/C13H18N4/c1-10-15-12-6-3-7-14-13(12)17(10)9-11-5-4-8-16(11)2/h3,6-7,11H,4-5,8-9H2,1-2H3. The van der Waals surface area contributed by atoms with E-state index in [0.717, 1.165) is 23.5 Å². The Hall–Kier alpha value is -1.42. The summed E-state index contributed by atoms with van der Waals surface area (Å²) >= 11 is 0. The Labute approximate surface area is 101 Å². The van der Waals surface area contributed by atoms with Gasteiger partial charge in [0.1, 0.15) is 11.3 Å². The van der Waals surface area contributed by atoms with Gasteiger partial charge in [0.25, 0.3) is 0 Å². The van der Waals surface area contributed by atoms with E-state index in [9.17, 15) is 0 Å². The van der Waals surface area contributed by atoms with Crippen LogP contribution in [0.3, 0.4) is 0 Å². The Morgan fingerprint density at radius 1 is 1.47 bits per heavy atom. The molecule has 1 aliphatic heterocycles. The van der Waals surface area contributed by atoms with Gasteiger partial charge in [-0.3, -0.25) is 0 Å². The van der Waals surface area contributed by atoms with E-state index < -0.39 is 0 Å². The highest BCUT2D eigenvalue weighted by Gasteiger charge is 2.22. The summed E-state index contributed by atoms with van der Waals surface area (Å²) in [5.74, 6) is 1.07. The summed E-state index contributed by atoms with van der Waals surface area (Å²) in [6.45, 7) is 4.29. The molecule has 1 unspecified atom stereocenters. The van der Waals surface area contributed by atoms with E-state index in [-0.39, 0.29) is 0 Å². The lowest BCUT2D eigenvalue weighted by molar-refractivity contribution is 0.282. The Morgan fingerprint density at radius 2 is 2.35 bits per heavy atom. The lowest BCUT2D eigenvalue weighted by Gasteiger charge is -2.20. The van der Waals surface area contributed by atoms with E-state index in [4.69, 9.17) is 0 Å². The first-order valence-corrected chi connectivity index (χ1v) is 6.24. The molecule has 0 N–H and O–H groups in total. The first kappa shape index (κ1) is 10.7. The van der Waals surface area contributed by atoms with Crippen LogP contribution >= 0.6 is 0 Å². The molecular weight excluding hydrogens is 212 g/mol. The van der Waals surface area contributed by atoms with Crippen molar-refractivity contribution < 1.29 is 0 Å². The molecule has 3 rings (SSSR count). The molecule has 0 amide bonds. The summed E-state index contributed by atoms with van der Waals surface area (Å²) in [7, 11) is 2.21. The van der Waals surface area contributed by atoms with Crippen molar-refractivity contribution in [2.75, 3.05) is 13.6 Å². The molecule has 0 radical (unpaired) electrons. The van der Waals surface area contributed by atoms with Crippen LogP contribution in [-0.4, -0.2) is 39.1 Å². The third kappa shape index (κ3) is 1.82. The maximum absolute atomic E-state index is 4.56. The molecule has 2 aromatic rings. The second-order valence-electron chi connectivity index (χ2n) is 4.89. The van der Waals surface area contributed by atoms with Crippen LogP contribution in [0.5, 0.6) is 0 Å². The van der Waals surface area contributed by atoms with Gasteiger partial charge in [-0.2, -0.15) is 0 Å². The van der Waals surface area contributed by atoms with Gasteiger partial charge >= 0.3 is 0 Å². The number of aromatic nitrogens is 3. The Kier molecular flexibility index (Phi) is 2.59. The van der Waals surface area contributed by atoms with E-state index in [0.29, 0.717) is 6.04 Å². The van der Waals surface area contributed by atoms with Crippen molar-refractivity contribution in [1.29, 1.82) is 0 Å². The maximum atomic E-state index is 4.56. The van der Waals surface area contributed by atoms with Crippen LogP contribution in [0.25, 0.3) is 11.2 Å². The van der Waals surface area contributed by atoms with Gasteiger partial charge in [-0.1, -0.05) is 0 Å². The monoisotopic (exact) mass is 230 g/mol. The fourth-order valence-electron chi connectivity index (χ4n) is 2.71. The van der Waals surface area contributed by atoms with E-state index in [2.05, 4.69) is 33.4 Å². The first-order chi connectivity index (χ1) is 8.25. The van der Waals surface area contributed by atoms with Crippen LogP contribution in [0.4, 0.5) is 0 Å². The van der Waals surface area contributed by atoms with Crippen LogP contribution in [0.2, 0.25) is 0 Å². The topological polar surface area (TPSA) is 34.0 Å². The number of fused-ring (bicyclic) bond motifs is 1. The second-order valence-corrected chi connectivity index (χ2v) is 4.89. The maximum Gasteiger partial charge on any atom is 0.160 e. The van der Waals surface area contributed by atoms with Gasteiger partial charge in [-0.15, -0.1) is 0 Å². The Bertz CT molecular complexity index is 531. The number of hydrogen-bond acceptors (Lipinski definition) is 3. The molecule has 3 heterocycles. The van der Waals surface area contributed by atoms with Crippen molar-refractivity contribution in [2.45, 2.75) is 32.4 Å². The summed E-state index contributed by atoms with van der Waals surface area (Å²) in [6.07, 6.45) is 4.43. The molecule has 0 aliphatic carbocycles. The van der Waals surface area contributed by atoms with Crippen molar-refractivity contribution in [3.8, 4) is 0 Å². The quantitative estimate of drug-likeness (QED) is 0.789. The predicted molar refractivity (Wildman–Crippen MR) is 67.9 cm³/mol. The van der Waals surface area contributed by atoms with Crippen LogP contribution in [0, 0.1) is 6.92 Å². The molecule has 2 aromatic heterocycles. The molecule has 0 saturated carbocycles. The third-order valence-corrected chi connectivity index (χ3v) is 3.76. The largest absolute Gasteiger partial charge is 0.311 e. The number of pyridine rings is 1. The van der Waals surface area contributed by atoms with Crippen LogP contribution < -0.4 is 0 Å². The van der Waals surface area contributed by atoms with E-state index in [1.165, 1.54) is 19.4 Å². The van der Waals surface area contributed by atoms with Gasteiger partial charge in [0.05, 0.1) is 0 Å². The minimum atomic E-state index is 0.633. The van der Waals surface area contributed by atoms with Crippen molar-refractivity contribution in [3.05, 3.63) is 24.2 Å². The minimum absolute atomic E-state index is 0.633. The zero-order chi connectivity index (χ0) is 11.8. The predicted octanol–water partition coefficient (Wildman–Crippen LogP) is 1.83. The van der Waals surface area contributed by atoms with E-state index >= 15 is 0 Å². The zero-order valence-corrected chi connectivity index (χ0v) is 10.4. The molecule has 1 fully saturated rings. The van der Waals surface area contributed by atoms with Gasteiger partial charge in [-0.05, 0) is 45.5 Å². The summed E-state index contributed by atoms with van der Waals surface area (Å²) in [4.78, 5) is 11.5. The van der Waals surface area contributed by atoms with Gasteiger partial charge in [-0.25, -0.2) is 9.97 Å². The van der Waals surface area contributed by atoms with Crippen molar-refractivity contribution in [1.82, 2.24) is 19.4 Å².